The van der Waals surface area contributed by atoms with Crippen LogP contribution in [0.15, 0.2) is 66.9 Å². The molecule has 36 heavy (non-hydrogen) atoms. The summed E-state index contributed by atoms with van der Waals surface area (Å²) >= 11 is 0. The van der Waals surface area contributed by atoms with Gasteiger partial charge in [0.05, 0.1) is 23.4 Å². The lowest BCUT2D eigenvalue weighted by Crippen LogP contribution is -2.44. The average Bonchev–Trinajstić information content (AvgIpc) is 3.57. The second-order valence-corrected chi connectivity index (χ2v) is 9.73. The molecule has 4 heterocycles. The summed E-state index contributed by atoms with van der Waals surface area (Å²) in [4.78, 5) is 22.7. The third kappa shape index (κ3) is 4.40. The number of fused-ring (bicyclic) bond motifs is 1. The fourth-order valence-corrected chi connectivity index (χ4v) is 5.31. The number of amides is 1. The molecule has 0 aliphatic carbocycles. The molecule has 2 fully saturated rings. The van der Waals surface area contributed by atoms with Crippen LogP contribution in [-0.2, 0) is 4.79 Å². The average molecular weight is 482 g/mol. The molecule has 0 saturated carbocycles. The molecule has 4 aromatic rings. The van der Waals surface area contributed by atoms with E-state index in [9.17, 15) is 4.79 Å². The van der Waals surface area contributed by atoms with Crippen molar-refractivity contribution >= 4 is 29.2 Å². The first-order valence-corrected chi connectivity index (χ1v) is 12.6. The highest BCUT2D eigenvalue weighted by Crippen LogP contribution is 2.33. The molecule has 0 radical (unpaired) electrons. The van der Waals surface area contributed by atoms with Crippen molar-refractivity contribution in [3.63, 3.8) is 0 Å². The van der Waals surface area contributed by atoms with Crippen molar-refractivity contribution in [2.75, 3.05) is 50.0 Å². The van der Waals surface area contributed by atoms with E-state index in [1.54, 1.807) is 0 Å². The third-order valence-corrected chi connectivity index (χ3v) is 7.39. The van der Waals surface area contributed by atoms with Crippen molar-refractivity contribution in [3.05, 3.63) is 72.4 Å². The summed E-state index contributed by atoms with van der Waals surface area (Å²) in [5.74, 6) is 0.548. The van der Waals surface area contributed by atoms with Gasteiger partial charge in [-0.1, -0.05) is 18.2 Å². The zero-order valence-electron chi connectivity index (χ0n) is 20.5. The standard InChI is InChI=1S/C28H31N7O/c1-32-14-16-33(17-15-32)24-9-7-23(8-10-24)30-28-29-19-25-11-12-27(35(25)31-28)22-5-2-4-21(18-22)26-6-3-13-34(26)20-36/h2,4-5,7-12,18-20,26H,3,6,13-17H2,1H3,(H,30,31). The quantitative estimate of drug-likeness (QED) is 0.417. The predicted octanol–water partition coefficient (Wildman–Crippen LogP) is 4.19. The van der Waals surface area contributed by atoms with Gasteiger partial charge in [-0.2, -0.15) is 0 Å². The lowest BCUT2D eigenvalue weighted by Gasteiger charge is -2.34. The van der Waals surface area contributed by atoms with Gasteiger partial charge in [0.15, 0.2) is 0 Å². The third-order valence-electron chi connectivity index (χ3n) is 7.39. The van der Waals surface area contributed by atoms with Gasteiger partial charge in [0, 0.05) is 49.7 Å². The molecular weight excluding hydrogens is 450 g/mol. The maximum atomic E-state index is 11.5. The van der Waals surface area contributed by atoms with Crippen LogP contribution < -0.4 is 10.2 Å². The Labute approximate surface area is 211 Å². The zero-order chi connectivity index (χ0) is 24.5. The Hall–Kier alpha value is -3.91. The SMILES string of the molecule is CN1CCN(c2ccc(Nc3ncc4ccc(-c5cccc(C6CCCN6C=O)c5)n4n3)cc2)CC1. The van der Waals surface area contributed by atoms with Crippen LogP contribution in [0.2, 0.25) is 0 Å². The molecule has 2 aliphatic rings. The van der Waals surface area contributed by atoms with E-state index in [1.807, 2.05) is 21.7 Å². The van der Waals surface area contributed by atoms with E-state index in [1.165, 1.54) is 11.3 Å². The van der Waals surface area contributed by atoms with E-state index in [2.05, 4.69) is 81.7 Å². The van der Waals surface area contributed by atoms with Crippen molar-refractivity contribution in [3.8, 4) is 11.3 Å². The molecule has 1 atom stereocenters. The molecule has 2 aliphatic heterocycles. The van der Waals surface area contributed by atoms with Gasteiger partial charge in [0.25, 0.3) is 0 Å². The van der Waals surface area contributed by atoms with Crippen molar-refractivity contribution < 1.29 is 4.79 Å². The minimum atomic E-state index is 0.148. The van der Waals surface area contributed by atoms with Crippen LogP contribution >= 0.6 is 0 Å². The van der Waals surface area contributed by atoms with Crippen LogP contribution in [0.25, 0.3) is 16.8 Å². The summed E-state index contributed by atoms with van der Waals surface area (Å²) in [7, 11) is 2.17. The van der Waals surface area contributed by atoms with Crippen molar-refractivity contribution in [2.24, 2.45) is 0 Å². The topological polar surface area (TPSA) is 69.0 Å². The van der Waals surface area contributed by atoms with Gasteiger partial charge in [-0.15, -0.1) is 5.10 Å². The van der Waals surface area contributed by atoms with E-state index in [0.29, 0.717) is 5.95 Å². The molecule has 1 amide bonds. The number of nitrogens with one attached hydrogen (secondary N) is 1. The molecule has 1 unspecified atom stereocenters. The number of benzene rings is 2. The Morgan fingerprint density at radius 2 is 1.81 bits per heavy atom. The highest BCUT2D eigenvalue weighted by atomic mass is 16.1. The second kappa shape index (κ2) is 9.62. The zero-order valence-corrected chi connectivity index (χ0v) is 20.5. The number of likely N-dealkylation sites (N-methyl/N-ethyl adjacent to an activating group) is 1. The molecular formula is C28H31N7O. The lowest BCUT2D eigenvalue weighted by atomic mass is 10.0. The Balaban J connectivity index is 1.23. The number of carbonyl (C=O) groups excluding carboxylic acids is 1. The first kappa shape index (κ1) is 22.5. The summed E-state index contributed by atoms with van der Waals surface area (Å²) in [5.41, 5.74) is 6.37. The number of likely N-dealkylation sites (tertiary alicyclic amines) is 1. The maximum absolute atomic E-state index is 11.5. The molecule has 6 rings (SSSR count). The molecule has 0 spiro atoms. The normalized spacial score (nSPS) is 18.6. The number of piperazine rings is 1. The van der Waals surface area contributed by atoms with Gasteiger partial charge in [0.2, 0.25) is 12.4 Å². The Bertz CT molecular complexity index is 1360. The molecule has 8 nitrogen and oxygen atoms in total. The van der Waals surface area contributed by atoms with Gasteiger partial charge < -0.3 is 20.0 Å². The van der Waals surface area contributed by atoms with Crippen molar-refractivity contribution in [1.29, 1.82) is 0 Å². The summed E-state index contributed by atoms with van der Waals surface area (Å²) in [5, 5.41) is 8.15. The first-order valence-electron chi connectivity index (χ1n) is 12.6. The first-order chi connectivity index (χ1) is 17.7. The van der Waals surface area contributed by atoms with Gasteiger partial charge in [-0.25, -0.2) is 9.50 Å². The molecule has 2 aromatic carbocycles. The monoisotopic (exact) mass is 481 g/mol. The van der Waals surface area contributed by atoms with Gasteiger partial charge in [0.1, 0.15) is 0 Å². The van der Waals surface area contributed by atoms with E-state index in [-0.39, 0.29) is 6.04 Å². The maximum Gasteiger partial charge on any atom is 0.245 e. The molecule has 2 saturated heterocycles. The van der Waals surface area contributed by atoms with E-state index < -0.39 is 0 Å². The number of rotatable bonds is 6. The molecule has 1 N–H and O–H groups in total. The van der Waals surface area contributed by atoms with E-state index in [4.69, 9.17) is 5.10 Å². The largest absolute Gasteiger partial charge is 0.369 e. The minimum absolute atomic E-state index is 0.148. The number of aromatic nitrogens is 3. The molecule has 0 bridgehead atoms. The van der Waals surface area contributed by atoms with Crippen LogP contribution in [0.5, 0.6) is 0 Å². The van der Waals surface area contributed by atoms with Crippen LogP contribution in [0.4, 0.5) is 17.3 Å². The summed E-state index contributed by atoms with van der Waals surface area (Å²) in [6.45, 7) is 5.10. The van der Waals surface area contributed by atoms with Crippen LogP contribution in [0, 0.1) is 0 Å². The molecule has 8 heteroatoms. The van der Waals surface area contributed by atoms with Crippen molar-refractivity contribution in [1.82, 2.24) is 24.4 Å². The predicted molar refractivity (Wildman–Crippen MR) is 143 cm³/mol. The van der Waals surface area contributed by atoms with Gasteiger partial charge in [-0.3, -0.25) is 4.79 Å². The van der Waals surface area contributed by atoms with E-state index >= 15 is 0 Å². The minimum Gasteiger partial charge on any atom is -0.369 e. The summed E-state index contributed by atoms with van der Waals surface area (Å²) in [6, 6.07) is 21.2. The van der Waals surface area contributed by atoms with Crippen molar-refractivity contribution in [2.45, 2.75) is 18.9 Å². The highest BCUT2D eigenvalue weighted by Gasteiger charge is 2.25. The Morgan fingerprint density at radius 3 is 2.61 bits per heavy atom. The lowest BCUT2D eigenvalue weighted by molar-refractivity contribution is -0.118. The number of hydrogen-bond acceptors (Lipinski definition) is 6. The Morgan fingerprint density at radius 1 is 0.972 bits per heavy atom. The van der Waals surface area contributed by atoms with Crippen LogP contribution in [0.1, 0.15) is 24.4 Å². The Kier molecular flexibility index (Phi) is 6.03. The van der Waals surface area contributed by atoms with Crippen LogP contribution in [0.3, 0.4) is 0 Å². The number of anilines is 3. The number of hydrogen-bond donors (Lipinski definition) is 1. The molecule has 2 aromatic heterocycles. The second-order valence-electron chi connectivity index (χ2n) is 9.73. The number of carbonyl (C=O) groups is 1. The highest BCUT2D eigenvalue weighted by molar-refractivity contribution is 5.68. The van der Waals surface area contributed by atoms with Gasteiger partial charge in [-0.05, 0) is 67.9 Å². The summed E-state index contributed by atoms with van der Waals surface area (Å²) in [6.07, 6.45) is 4.85. The van der Waals surface area contributed by atoms with E-state index in [0.717, 1.165) is 74.4 Å². The fraction of sp³-hybridized carbons (Fsp3) is 0.321. The van der Waals surface area contributed by atoms with Gasteiger partial charge >= 0.3 is 0 Å². The molecule has 184 valence electrons. The smallest absolute Gasteiger partial charge is 0.245 e. The summed E-state index contributed by atoms with van der Waals surface area (Å²) < 4.78 is 1.93. The fourth-order valence-electron chi connectivity index (χ4n) is 5.31. The number of nitrogens with zero attached hydrogens (tertiary/aromatic N) is 6. The van der Waals surface area contributed by atoms with Crippen LogP contribution in [-0.4, -0.2) is 70.6 Å².